The Morgan fingerprint density at radius 3 is 2.76 bits per heavy atom. The van der Waals surface area contributed by atoms with E-state index in [-0.39, 0.29) is 11.4 Å². The number of carboxylic acid groups (broad SMARTS) is 1. The Kier molecular flexibility index (Phi) is 4.45. The molecule has 7 heteroatoms. The third-order valence-corrected chi connectivity index (χ3v) is 2.68. The van der Waals surface area contributed by atoms with Crippen LogP contribution in [0.15, 0.2) is 22.7 Å². The number of nitrogens with one attached hydrogen (secondary N) is 1. The molecule has 0 aliphatic heterocycles. The van der Waals surface area contributed by atoms with E-state index in [1.54, 1.807) is 6.92 Å². The van der Waals surface area contributed by atoms with Gasteiger partial charge >= 0.3 is 5.97 Å². The number of nitro benzene ring substituents is 1. The average Bonchev–Trinajstić information content (AvgIpc) is 2.25. The van der Waals surface area contributed by atoms with Crippen LogP contribution in [0.3, 0.4) is 0 Å². The number of halogens is 1. The van der Waals surface area contributed by atoms with Crippen molar-refractivity contribution in [3.8, 4) is 0 Å². The molecule has 0 amide bonds. The lowest BCUT2D eigenvalue weighted by molar-refractivity contribution is -0.384. The minimum atomic E-state index is -1.04. The fourth-order valence-corrected chi connectivity index (χ4v) is 1.67. The maximum Gasteiger partial charge on any atom is 0.326 e. The number of carboxylic acids is 1. The Bertz CT molecular complexity index is 450. The fourth-order valence-electron chi connectivity index (χ4n) is 1.31. The van der Waals surface area contributed by atoms with Gasteiger partial charge < -0.3 is 10.4 Å². The molecule has 0 aliphatic carbocycles. The molecule has 0 heterocycles. The first-order chi connectivity index (χ1) is 7.95. The molecule has 6 nitrogen and oxygen atoms in total. The van der Waals surface area contributed by atoms with Gasteiger partial charge in [0.05, 0.1) is 4.92 Å². The number of nitrogens with zero attached hydrogens (tertiary/aromatic N) is 1. The molecular formula is C10H11BrN2O4. The van der Waals surface area contributed by atoms with Crippen LogP contribution in [0.4, 0.5) is 11.4 Å². The van der Waals surface area contributed by atoms with Crippen LogP contribution in [0.2, 0.25) is 0 Å². The first kappa shape index (κ1) is 13.4. The second kappa shape index (κ2) is 5.62. The van der Waals surface area contributed by atoms with Gasteiger partial charge in [0.15, 0.2) is 0 Å². The van der Waals surface area contributed by atoms with Gasteiger partial charge in [-0.05, 0) is 18.6 Å². The van der Waals surface area contributed by atoms with Crippen molar-refractivity contribution >= 4 is 33.3 Å². The molecule has 0 saturated carbocycles. The van der Waals surface area contributed by atoms with Gasteiger partial charge in [-0.25, -0.2) is 4.79 Å². The molecule has 0 unspecified atom stereocenters. The van der Waals surface area contributed by atoms with Crippen LogP contribution >= 0.6 is 15.9 Å². The number of carbonyl (C=O) groups is 1. The Hall–Kier alpha value is -1.63. The van der Waals surface area contributed by atoms with E-state index in [2.05, 4.69) is 21.2 Å². The van der Waals surface area contributed by atoms with Gasteiger partial charge in [0.25, 0.3) is 5.69 Å². The number of rotatable bonds is 5. The van der Waals surface area contributed by atoms with Crippen molar-refractivity contribution < 1.29 is 14.8 Å². The maximum absolute atomic E-state index is 10.9. The zero-order chi connectivity index (χ0) is 13.0. The van der Waals surface area contributed by atoms with E-state index in [4.69, 9.17) is 5.11 Å². The van der Waals surface area contributed by atoms with Crippen molar-refractivity contribution in [3.63, 3.8) is 0 Å². The summed E-state index contributed by atoms with van der Waals surface area (Å²) in [5, 5.41) is 22.3. The molecular weight excluding hydrogens is 292 g/mol. The number of hydrogen-bond acceptors (Lipinski definition) is 4. The average molecular weight is 303 g/mol. The molecule has 2 N–H and O–H groups in total. The van der Waals surface area contributed by atoms with E-state index in [0.717, 1.165) is 0 Å². The van der Waals surface area contributed by atoms with Crippen LogP contribution in [-0.2, 0) is 4.79 Å². The minimum absolute atomic E-state index is 0.145. The molecule has 17 heavy (non-hydrogen) atoms. The van der Waals surface area contributed by atoms with Crippen LogP contribution in [0.25, 0.3) is 0 Å². The highest BCUT2D eigenvalue weighted by atomic mass is 79.9. The van der Waals surface area contributed by atoms with Gasteiger partial charge in [0.1, 0.15) is 11.7 Å². The van der Waals surface area contributed by atoms with Crippen LogP contribution in [0.1, 0.15) is 13.3 Å². The molecule has 1 atom stereocenters. The van der Waals surface area contributed by atoms with Crippen LogP contribution in [0.5, 0.6) is 0 Å². The minimum Gasteiger partial charge on any atom is -0.480 e. The lowest BCUT2D eigenvalue weighted by Crippen LogP contribution is -2.28. The monoisotopic (exact) mass is 302 g/mol. The highest BCUT2D eigenvalue weighted by Gasteiger charge is 2.20. The SMILES string of the molecule is CC[C@H](Nc1cc(Br)ccc1[N+](=O)[O-])C(=O)O. The largest absolute Gasteiger partial charge is 0.480 e. The van der Waals surface area contributed by atoms with Gasteiger partial charge in [0.2, 0.25) is 0 Å². The molecule has 1 aromatic carbocycles. The number of benzene rings is 1. The predicted octanol–water partition coefficient (Wildman–Crippen LogP) is 2.63. The van der Waals surface area contributed by atoms with E-state index in [9.17, 15) is 14.9 Å². The zero-order valence-corrected chi connectivity index (χ0v) is 10.6. The topological polar surface area (TPSA) is 92.5 Å². The van der Waals surface area contributed by atoms with Gasteiger partial charge in [-0.2, -0.15) is 0 Å². The molecule has 0 spiro atoms. The Balaban J connectivity index is 3.07. The quantitative estimate of drug-likeness (QED) is 0.644. The Morgan fingerprint density at radius 2 is 2.29 bits per heavy atom. The first-order valence-corrected chi connectivity index (χ1v) is 5.68. The first-order valence-electron chi connectivity index (χ1n) is 4.89. The van der Waals surface area contributed by atoms with E-state index in [1.807, 2.05) is 0 Å². The summed E-state index contributed by atoms with van der Waals surface area (Å²) in [4.78, 5) is 21.1. The second-order valence-corrected chi connectivity index (χ2v) is 4.28. The Morgan fingerprint density at radius 1 is 1.65 bits per heavy atom. The van der Waals surface area contributed by atoms with Gasteiger partial charge in [0, 0.05) is 10.5 Å². The lowest BCUT2D eigenvalue weighted by atomic mass is 10.2. The van der Waals surface area contributed by atoms with Crippen LogP contribution in [-0.4, -0.2) is 22.0 Å². The summed E-state index contributed by atoms with van der Waals surface area (Å²) in [6, 6.07) is 3.50. The summed E-state index contributed by atoms with van der Waals surface area (Å²) in [5.74, 6) is -1.04. The van der Waals surface area contributed by atoms with Crippen molar-refractivity contribution in [3.05, 3.63) is 32.8 Å². The molecule has 0 aliphatic rings. The number of aliphatic carboxylic acids is 1. The lowest BCUT2D eigenvalue weighted by Gasteiger charge is -2.13. The summed E-state index contributed by atoms with van der Waals surface area (Å²) < 4.78 is 0.644. The predicted molar refractivity (Wildman–Crippen MR) is 66.1 cm³/mol. The standard InChI is InChI=1S/C10H11BrN2O4/c1-2-7(10(14)15)12-8-5-6(11)3-4-9(8)13(16)17/h3-5,7,12H,2H2,1H3,(H,14,15)/t7-/m0/s1. The van der Waals surface area contributed by atoms with Crippen LogP contribution in [0, 0.1) is 10.1 Å². The summed E-state index contributed by atoms with van der Waals surface area (Å²) in [6.45, 7) is 1.69. The van der Waals surface area contributed by atoms with Gasteiger partial charge in [-0.3, -0.25) is 10.1 Å². The molecule has 0 radical (unpaired) electrons. The van der Waals surface area contributed by atoms with Crippen molar-refractivity contribution in [2.24, 2.45) is 0 Å². The zero-order valence-electron chi connectivity index (χ0n) is 9.01. The van der Waals surface area contributed by atoms with Crippen molar-refractivity contribution in [1.82, 2.24) is 0 Å². The van der Waals surface area contributed by atoms with Crippen LogP contribution < -0.4 is 5.32 Å². The molecule has 0 bridgehead atoms. The van der Waals surface area contributed by atoms with Gasteiger partial charge in [-0.15, -0.1) is 0 Å². The Labute approximate surface area is 106 Å². The smallest absolute Gasteiger partial charge is 0.326 e. The van der Waals surface area contributed by atoms with Gasteiger partial charge in [-0.1, -0.05) is 22.9 Å². The number of anilines is 1. The second-order valence-electron chi connectivity index (χ2n) is 3.36. The van der Waals surface area contributed by atoms with E-state index in [1.165, 1.54) is 18.2 Å². The maximum atomic E-state index is 10.9. The third kappa shape index (κ3) is 3.42. The number of hydrogen-bond donors (Lipinski definition) is 2. The molecule has 0 fully saturated rings. The number of nitro groups is 1. The summed E-state index contributed by atoms with van der Waals surface area (Å²) in [5.41, 5.74) is 0.0477. The summed E-state index contributed by atoms with van der Waals surface area (Å²) in [7, 11) is 0. The van der Waals surface area contributed by atoms with E-state index in [0.29, 0.717) is 10.9 Å². The van der Waals surface area contributed by atoms with E-state index >= 15 is 0 Å². The summed E-state index contributed by atoms with van der Waals surface area (Å²) in [6.07, 6.45) is 0.332. The molecule has 0 saturated heterocycles. The highest BCUT2D eigenvalue weighted by Crippen LogP contribution is 2.28. The van der Waals surface area contributed by atoms with Crippen molar-refractivity contribution in [2.45, 2.75) is 19.4 Å². The molecule has 1 rings (SSSR count). The van der Waals surface area contributed by atoms with Crippen molar-refractivity contribution in [2.75, 3.05) is 5.32 Å². The summed E-state index contributed by atoms with van der Waals surface area (Å²) >= 11 is 3.18. The third-order valence-electron chi connectivity index (χ3n) is 2.19. The fraction of sp³-hybridized carbons (Fsp3) is 0.300. The molecule has 0 aromatic heterocycles. The molecule has 92 valence electrons. The normalized spacial score (nSPS) is 11.9. The highest BCUT2D eigenvalue weighted by molar-refractivity contribution is 9.10. The van der Waals surface area contributed by atoms with E-state index < -0.39 is 16.9 Å². The molecule has 1 aromatic rings. The van der Waals surface area contributed by atoms with Crippen molar-refractivity contribution in [1.29, 1.82) is 0 Å².